The fraction of sp³-hybridized carbons (Fsp3) is 0.357. The van der Waals surface area contributed by atoms with Gasteiger partial charge in [-0.3, -0.25) is 0 Å². The third-order valence-electron chi connectivity index (χ3n) is 3.20. The van der Waals surface area contributed by atoms with E-state index in [0.29, 0.717) is 12.1 Å². The molecule has 2 rings (SSSR count). The zero-order chi connectivity index (χ0) is 14.7. The van der Waals surface area contributed by atoms with Crippen LogP contribution in [0.2, 0.25) is 0 Å². The Balaban J connectivity index is 2.18. The predicted molar refractivity (Wildman–Crippen MR) is 72.5 cm³/mol. The number of aryl methyl sites for hydroxylation is 1. The molecule has 1 aromatic heterocycles. The first-order valence-electron chi connectivity index (χ1n) is 6.35. The number of nitrogens with one attached hydrogen (secondary N) is 1. The Labute approximate surface area is 116 Å². The lowest BCUT2D eigenvalue weighted by molar-refractivity contribution is 0.270. The van der Waals surface area contributed by atoms with E-state index in [1.807, 2.05) is 13.8 Å². The van der Waals surface area contributed by atoms with Crippen LogP contribution in [0.5, 0.6) is 0 Å². The molecule has 0 aliphatic carbocycles. The first kappa shape index (κ1) is 14.5. The average Bonchev–Trinajstić information content (AvgIpc) is 2.65. The van der Waals surface area contributed by atoms with E-state index < -0.39 is 11.6 Å². The molecule has 1 aromatic carbocycles. The van der Waals surface area contributed by atoms with Crippen molar-refractivity contribution < 1.29 is 13.9 Å². The second kappa shape index (κ2) is 6.00. The highest BCUT2D eigenvalue weighted by atomic mass is 19.1. The van der Waals surface area contributed by atoms with Crippen LogP contribution in [-0.4, -0.2) is 21.5 Å². The number of aliphatic hydroxyl groups excluding tert-OH is 1. The van der Waals surface area contributed by atoms with Gasteiger partial charge >= 0.3 is 0 Å². The summed E-state index contributed by atoms with van der Waals surface area (Å²) in [5.41, 5.74) is 2.17. The van der Waals surface area contributed by atoms with Gasteiger partial charge in [-0.2, -0.15) is 5.10 Å². The third kappa shape index (κ3) is 2.96. The summed E-state index contributed by atoms with van der Waals surface area (Å²) >= 11 is 0. The van der Waals surface area contributed by atoms with E-state index in [4.69, 9.17) is 5.11 Å². The predicted octanol–water partition coefficient (Wildman–Crippen LogP) is 2.38. The Morgan fingerprint density at radius 3 is 2.70 bits per heavy atom. The monoisotopic (exact) mass is 281 g/mol. The lowest BCUT2D eigenvalue weighted by Gasteiger charge is -2.11. The quantitative estimate of drug-likeness (QED) is 0.884. The van der Waals surface area contributed by atoms with E-state index in [-0.39, 0.29) is 13.2 Å². The Morgan fingerprint density at radius 1 is 1.30 bits per heavy atom. The molecule has 0 radical (unpaired) electrons. The molecule has 108 valence electrons. The first-order chi connectivity index (χ1) is 9.52. The number of aromatic nitrogens is 2. The van der Waals surface area contributed by atoms with Gasteiger partial charge in [0, 0.05) is 23.7 Å². The van der Waals surface area contributed by atoms with Gasteiger partial charge in [-0.05, 0) is 19.9 Å². The van der Waals surface area contributed by atoms with Gasteiger partial charge in [-0.25, -0.2) is 13.5 Å². The molecule has 0 aliphatic rings. The van der Waals surface area contributed by atoms with E-state index in [2.05, 4.69) is 10.4 Å². The van der Waals surface area contributed by atoms with Gasteiger partial charge in [0.25, 0.3) is 0 Å². The molecule has 6 heteroatoms. The van der Waals surface area contributed by atoms with E-state index in [9.17, 15) is 8.78 Å². The van der Waals surface area contributed by atoms with Crippen molar-refractivity contribution in [2.24, 2.45) is 0 Å². The van der Waals surface area contributed by atoms with Crippen molar-refractivity contribution in [3.05, 3.63) is 46.7 Å². The van der Waals surface area contributed by atoms with Crippen LogP contribution >= 0.6 is 0 Å². The maximum Gasteiger partial charge on any atom is 0.131 e. The highest BCUT2D eigenvalue weighted by Crippen LogP contribution is 2.20. The summed E-state index contributed by atoms with van der Waals surface area (Å²) in [6, 6.07) is 3.50. The molecular weight excluding hydrogens is 264 g/mol. The van der Waals surface area contributed by atoms with E-state index in [1.165, 1.54) is 12.1 Å². The fourth-order valence-corrected chi connectivity index (χ4v) is 2.00. The van der Waals surface area contributed by atoms with E-state index >= 15 is 0 Å². The molecule has 0 saturated heterocycles. The summed E-state index contributed by atoms with van der Waals surface area (Å²) in [6.45, 7) is 4.33. The topological polar surface area (TPSA) is 50.1 Å². The minimum Gasteiger partial charge on any atom is -0.394 e. The molecule has 0 amide bonds. The standard InChI is InChI=1S/C14H17F2N3O/c1-9-10(2)18-19(5-6-20)14(9)17-8-11-3-4-12(15)7-13(11)16/h3-4,7,17,20H,5-6,8H2,1-2H3. The molecule has 0 bridgehead atoms. The molecule has 2 aromatic rings. The lowest BCUT2D eigenvalue weighted by Crippen LogP contribution is -2.11. The molecule has 0 saturated carbocycles. The van der Waals surface area contributed by atoms with Crippen molar-refractivity contribution in [1.29, 1.82) is 0 Å². The average molecular weight is 281 g/mol. The van der Waals surface area contributed by atoms with Crippen LogP contribution in [0.4, 0.5) is 14.6 Å². The van der Waals surface area contributed by atoms with Gasteiger partial charge in [0.05, 0.1) is 18.8 Å². The van der Waals surface area contributed by atoms with Gasteiger partial charge in [0.2, 0.25) is 0 Å². The van der Waals surface area contributed by atoms with Gasteiger partial charge in [0.1, 0.15) is 17.5 Å². The van der Waals surface area contributed by atoms with Crippen LogP contribution in [0, 0.1) is 25.5 Å². The van der Waals surface area contributed by atoms with Crippen LogP contribution < -0.4 is 5.32 Å². The zero-order valence-electron chi connectivity index (χ0n) is 11.5. The smallest absolute Gasteiger partial charge is 0.131 e. The number of hydrogen-bond acceptors (Lipinski definition) is 3. The van der Waals surface area contributed by atoms with Crippen LogP contribution in [0.25, 0.3) is 0 Å². The molecule has 2 N–H and O–H groups in total. The molecule has 0 fully saturated rings. The molecule has 0 atom stereocenters. The van der Waals surface area contributed by atoms with Crippen LogP contribution in [0.3, 0.4) is 0 Å². The van der Waals surface area contributed by atoms with Gasteiger partial charge < -0.3 is 10.4 Å². The number of rotatable bonds is 5. The van der Waals surface area contributed by atoms with Crippen molar-refractivity contribution in [3.63, 3.8) is 0 Å². The summed E-state index contributed by atoms with van der Waals surface area (Å²) in [5.74, 6) is -0.441. The number of halogens is 2. The van der Waals surface area contributed by atoms with E-state index in [0.717, 1.165) is 23.1 Å². The molecule has 0 aliphatic heterocycles. The fourth-order valence-electron chi connectivity index (χ4n) is 2.00. The van der Waals surface area contributed by atoms with Crippen molar-refractivity contribution >= 4 is 5.82 Å². The van der Waals surface area contributed by atoms with Crippen LogP contribution in [0.15, 0.2) is 18.2 Å². The highest BCUT2D eigenvalue weighted by Gasteiger charge is 2.12. The molecule has 20 heavy (non-hydrogen) atoms. The van der Waals surface area contributed by atoms with Gasteiger partial charge in [-0.15, -0.1) is 0 Å². The maximum absolute atomic E-state index is 13.6. The Morgan fingerprint density at radius 2 is 2.05 bits per heavy atom. The summed E-state index contributed by atoms with van der Waals surface area (Å²) < 4.78 is 28.1. The molecule has 1 heterocycles. The number of aliphatic hydroxyl groups is 1. The molecule has 0 unspecified atom stereocenters. The largest absolute Gasteiger partial charge is 0.394 e. The summed E-state index contributed by atoms with van der Waals surface area (Å²) in [7, 11) is 0. The van der Waals surface area contributed by atoms with Crippen LogP contribution in [0.1, 0.15) is 16.8 Å². The first-order valence-corrected chi connectivity index (χ1v) is 6.35. The maximum atomic E-state index is 13.6. The van der Waals surface area contributed by atoms with E-state index in [1.54, 1.807) is 4.68 Å². The number of nitrogens with zero attached hydrogens (tertiary/aromatic N) is 2. The Bertz CT molecular complexity index is 611. The second-order valence-corrected chi connectivity index (χ2v) is 4.60. The van der Waals surface area contributed by atoms with Crippen molar-refractivity contribution in [2.45, 2.75) is 26.9 Å². The summed E-state index contributed by atoms with van der Waals surface area (Å²) in [5, 5.41) is 16.4. The zero-order valence-corrected chi connectivity index (χ0v) is 11.5. The number of benzene rings is 1. The van der Waals surface area contributed by atoms with Crippen molar-refractivity contribution in [3.8, 4) is 0 Å². The molecular formula is C14H17F2N3O. The molecule has 0 spiro atoms. The van der Waals surface area contributed by atoms with Crippen molar-refractivity contribution in [2.75, 3.05) is 11.9 Å². The SMILES string of the molecule is Cc1nn(CCO)c(NCc2ccc(F)cc2F)c1C. The Kier molecular flexibility index (Phi) is 4.34. The van der Waals surface area contributed by atoms with Crippen molar-refractivity contribution in [1.82, 2.24) is 9.78 Å². The Hall–Kier alpha value is -1.95. The summed E-state index contributed by atoms with van der Waals surface area (Å²) in [6.07, 6.45) is 0. The minimum atomic E-state index is -0.594. The van der Waals surface area contributed by atoms with Crippen LogP contribution in [-0.2, 0) is 13.1 Å². The molecule has 4 nitrogen and oxygen atoms in total. The third-order valence-corrected chi connectivity index (χ3v) is 3.20. The van der Waals surface area contributed by atoms with Gasteiger partial charge in [0.15, 0.2) is 0 Å². The second-order valence-electron chi connectivity index (χ2n) is 4.60. The van der Waals surface area contributed by atoms with Gasteiger partial charge in [-0.1, -0.05) is 6.07 Å². The normalized spacial score (nSPS) is 10.8. The highest BCUT2D eigenvalue weighted by molar-refractivity contribution is 5.47. The number of anilines is 1. The lowest BCUT2D eigenvalue weighted by atomic mass is 10.2. The summed E-state index contributed by atoms with van der Waals surface area (Å²) in [4.78, 5) is 0. The number of hydrogen-bond donors (Lipinski definition) is 2. The minimum absolute atomic E-state index is 0.0276.